The first-order valence-electron chi connectivity index (χ1n) is 4.89. The van der Waals surface area contributed by atoms with Gasteiger partial charge in [0.1, 0.15) is 0 Å². The van der Waals surface area contributed by atoms with Crippen LogP contribution in [-0.2, 0) is 9.53 Å². The highest BCUT2D eigenvalue weighted by Gasteiger charge is 2.28. The highest BCUT2D eigenvalue weighted by atomic mass is 16.5. The van der Waals surface area contributed by atoms with E-state index in [1.165, 1.54) is 6.26 Å². The average molecular weight is 199 g/mol. The van der Waals surface area contributed by atoms with Crippen LogP contribution >= 0.6 is 0 Å². The third-order valence-corrected chi connectivity index (χ3v) is 2.36. The van der Waals surface area contributed by atoms with Crippen molar-refractivity contribution >= 4 is 5.91 Å². The van der Waals surface area contributed by atoms with Gasteiger partial charge >= 0.3 is 0 Å². The number of carbonyl (C=O) groups excluding carboxylic acids is 1. The molecule has 1 N–H and O–H groups in total. The van der Waals surface area contributed by atoms with Crippen molar-refractivity contribution in [2.24, 2.45) is 5.92 Å². The summed E-state index contributed by atoms with van der Waals surface area (Å²) in [4.78, 5) is 13.1. The van der Waals surface area contributed by atoms with Crippen molar-refractivity contribution in [1.29, 1.82) is 0 Å². The van der Waals surface area contributed by atoms with E-state index in [1.54, 1.807) is 4.90 Å². The normalized spacial score (nSPS) is 21.4. The van der Waals surface area contributed by atoms with Crippen molar-refractivity contribution in [2.45, 2.75) is 12.8 Å². The fraction of sp³-hybridized carbons (Fsp3) is 0.700. The summed E-state index contributed by atoms with van der Waals surface area (Å²) in [5, 5.41) is 8.89. The van der Waals surface area contributed by atoms with Crippen molar-refractivity contribution in [2.75, 3.05) is 26.3 Å². The number of rotatable bonds is 6. The molecule has 80 valence electrons. The van der Waals surface area contributed by atoms with Gasteiger partial charge in [-0.25, -0.2) is 0 Å². The molecule has 0 aliphatic carbocycles. The van der Waals surface area contributed by atoms with Crippen LogP contribution in [0.2, 0.25) is 0 Å². The Morgan fingerprint density at radius 1 is 1.71 bits per heavy atom. The van der Waals surface area contributed by atoms with Crippen molar-refractivity contribution in [3.63, 3.8) is 0 Å². The Balaban J connectivity index is 2.18. The van der Waals surface area contributed by atoms with Crippen molar-refractivity contribution in [1.82, 2.24) is 4.90 Å². The zero-order valence-electron chi connectivity index (χ0n) is 8.32. The lowest BCUT2D eigenvalue weighted by Gasteiger charge is -2.15. The minimum absolute atomic E-state index is 0.103. The van der Waals surface area contributed by atoms with Gasteiger partial charge in [0.25, 0.3) is 0 Å². The largest absolute Gasteiger partial charge is 0.502 e. The SMILES string of the molecule is C=COCCCN1CC(CO)CC1=O. The van der Waals surface area contributed by atoms with Gasteiger partial charge in [-0.15, -0.1) is 0 Å². The summed E-state index contributed by atoms with van der Waals surface area (Å²) < 4.78 is 4.96. The first-order chi connectivity index (χ1) is 6.77. The van der Waals surface area contributed by atoms with Crippen LogP contribution in [0.25, 0.3) is 0 Å². The fourth-order valence-electron chi connectivity index (χ4n) is 1.61. The van der Waals surface area contributed by atoms with Crippen LogP contribution in [0.3, 0.4) is 0 Å². The van der Waals surface area contributed by atoms with Crippen molar-refractivity contribution in [3.05, 3.63) is 12.8 Å². The van der Waals surface area contributed by atoms with E-state index in [-0.39, 0.29) is 18.4 Å². The van der Waals surface area contributed by atoms with Gasteiger partial charge in [0.15, 0.2) is 0 Å². The number of aliphatic hydroxyl groups is 1. The first kappa shape index (κ1) is 11.0. The molecule has 1 heterocycles. The molecule has 0 aromatic heterocycles. The highest BCUT2D eigenvalue weighted by molar-refractivity contribution is 5.78. The molecule has 1 unspecified atom stereocenters. The molecule has 1 atom stereocenters. The number of carbonyl (C=O) groups is 1. The van der Waals surface area contributed by atoms with Gasteiger partial charge in [0, 0.05) is 32.0 Å². The minimum Gasteiger partial charge on any atom is -0.502 e. The maximum atomic E-state index is 11.4. The lowest BCUT2D eigenvalue weighted by atomic mass is 10.1. The molecular formula is C10H17NO3. The van der Waals surface area contributed by atoms with Crippen LogP contribution in [0.1, 0.15) is 12.8 Å². The molecule has 0 spiro atoms. The lowest BCUT2D eigenvalue weighted by molar-refractivity contribution is -0.127. The maximum Gasteiger partial charge on any atom is 0.223 e. The van der Waals surface area contributed by atoms with Gasteiger partial charge in [-0.3, -0.25) is 4.79 Å². The van der Waals surface area contributed by atoms with Gasteiger partial charge < -0.3 is 14.7 Å². The summed E-state index contributed by atoms with van der Waals surface area (Å²) in [5.74, 6) is 0.269. The Bertz CT molecular complexity index is 206. The molecule has 0 aromatic rings. The zero-order valence-corrected chi connectivity index (χ0v) is 8.32. The minimum atomic E-state index is 0.103. The van der Waals surface area contributed by atoms with Gasteiger partial charge in [-0.05, 0) is 6.42 Å². The summed E-state index contributed by atoms with van der Waals surface area (Å²) >= 11 is 0. The van der Waals surface area contributed by atoms with Crippen LogP contribution in [0.4, 0.5) is 0 Å². The topological polar surface area (TPSA) is 49.8 Å². The Labute approximate surface area is 84.2 Å². The molecule has 1 saturated heterocycles. The zero-order chi connectivity index (χ0) is 10.4. The van der Waals surface area contributed by atoms with Gasteiger partial charge in [0.2, 0.25) is 5.91 Å². The van der Waals surface area contributed by atoms with Gasteiger partial charge in [-0.2, -0.15) is 0 Å². The summed E-state index contributed by atoms with van der Waals surface area (Å²) in [7, 11) is 0. The predicted molar refractivity (Wildman–Crippen MR) is 52.5 cm³/mol. The predicted octanol–water partition coefficient (Wildman–Crippen LogP) is 0.377. The molecule has 0 saturated carbocycles. The Kier molecular flexibility index (Phi) is 4.46. The number of likely N-dealkylation sites (tertiary alicyclic amines) is 1. The summed E-state index contributed by atoms with van der Waals surface area (Å²) in [6.07, 6.45) is 2.71. The molecule has 1 amide bonds. The third kappa shape index (κ3) is 3.03. The molecule has 1 fully saturated rings. The van der Waals surface area contributed by atoms with Crippen LogP contribution in [-0.4, -0.2) is 42.2 Å². The van der Waals surface area contributed by atoms with Crippen LogP contribution in [0.5, 0.6) is 0 Å². The Hall–Kier alpha value is -1.03. The monoisotopic (exact) mass is 199 g/mol. The molecule has 4 heteroatoms. The van der Waals surface area contributed by atoms with Crippen LogP contribution < -0.4 is 0 Å². The average Bonchev–Trinajstić information content (AvgIpc) is 2.54. The Morgan fingerprint density at radius 3 is 3.07 bits per heavy atom. The maximum absolute atomic E-state index is 11.4. The second-order valence-corrected chi connectivity index (χ2v) is 3.48. The Morgan fingerprint density at radius 2 is 2.50 bits per heavy atom. The molecule has 4 nitrogen and oxygen atoms in total. The molecular weight excluding hydrogens is 182 g/mol. The molecule has 0 bridgehead atoms. The van der Waals surface area contributed by atoms with Crippen LogP contribution in [0, 0.1) is 5.92 Å². The molecule has 1 aliphatic heterocycles. The van der Waals surface area contributed by atoms with Crippen molar-refractivity contribution in [3.8, 4) is 0 Å². The van der Waals surface area contributed by atoms with E-state index in [9.17, 15) is 4.79 Å². The molecule has 14 heavy (non-hydrogen) atoms. The quantitative estimate of drug-likeness (QED) is 0.497. The number of nitrogens with zero attached hydrogens (tertiary/aromatic N) is 1. The summed E-state index contributed by atoms with van der Waals surface area (Å²) in [6.45, 7) is 5.53. The van der Waals surface area contributed by atoms with E-state index in [4.69, 9.17) is 9.84 Å². The smallest absolute Gasteiger partial charge is 0.223 e. The van der Waals surface area contributed by atoms with Crippen LogP contribution in [0.15, 0.2) is 12.8 Å². The van der Waals surface area contributed by atoms with E-state index < -0.39 is 0 Å². The van der Waals surface area contributed by atoms with E-state index >= 15 is 0 Å². The van der Waals surface area contributed by atoms with Gasteiger partial charge in [0.05, 0.1) is 12.9 Å². The standard InChI is InChI=1S/C10H17NO3/c1-2-14-5-3-4-11-7-9(8-12)6-10(11)13/h2,9,12H,1,3-8H2. The van der Waals surface area contributed by atoms with E-state index in [1.807, 2.05) is 0 Å². The van der Waals surface area contributed by atoms with E-state index in [0.29, 0.717) is 26.1 Å². The molecule has 0 aromatic carbocycles. The molecule has 0 radical (unpaired) electrons. The molecule has 1 aliphatic rings. The second kappa shape index (κ2) is 5.65. The van der Waals surface area contributed by atoms with Crippen molar-refractivity contribution < 1.29 is 14.6 Å². The van der Waals surface area contributed by atoms with E-state index in [0.717, 1.165) is 6.42 Å². The second-order valence-electron chi connectivity index (χ2n) is 3.48. The summed E-state index contributed by atoms with van der Waals surface area (Å²) in [6, 6.07) is 0. The number of ether oxygens (including phenoxy) is 1. The lowest BCUT2D eigenvalue weighted by Crippen LogP contribution is -2.27. The number of hydrogen-bond acceptors (Lipinski definition) is 3. The number of hydrogen-bond donors (Lipinski definition) is 1. The highest BCUT2D eigenvalue weighted by Crippen LogP contribution is 2.16. The fourth-order valence-corrected chi connectivity index (χ4v) is 1.61. The summed E-state index contributed by atoms with van der Waals surface area (Å²) in [5.41, 5.74) is 0. The van der Waals surface area contributed by atoms with E-state index in [2.05, 4.69) is 6.58 Å². The third-order valence-electron chi connectivity index (χ3n) is 2.36. The number of aliphatic hydroxyl groups excluding tert-OH is 1. The first-order valence-corrected chi connectivity index (χ1v) is 4.89. The number of amides is 1. The molecule has 1 rings (SSSR count). The van der Waals surface area contributed by atoms with Gasteiger partial charge in [-0.1, -0.05) is 6.58 Å².